The van der Waals surface area contributed by atoms with Gasteiger partial charge in [-0.15, -0.1) is 24.0 Å². The average Bonchev–Trinajstić information content (AvgIpc) is 2.68. The number of carbonyl (C=O) groups excluding carboxylic acids is 1. The van der Waals surface area contributed by atoms with Crippen LogP contribution in [0.4, 0.5) is 4.79 Å². The van der Waals surface area contributed by atoms with E-state index in [2.05, 4.69) is 10.3 Å². The highest BCUT2D eigenvalue weighted by Gasteiger charge is 2.23. The van der Waals surface area contributed by atoms with Crippen molar-refractivity contribution in [3.8, 4) is 0 Å². The van der Waals surface area contributed by atoms with Crippen molar-refractivity contribution in [2.75, 3.05) is 51.6 Å². The summed E-state index contributed by atoms with van der Waals surface area (Å²) < 4.78 is 29.8. The molecule has 1 N–H and O–H groups in total. The maximum absolute atomic E-state index is 12.4. The van der Waals surface area contributed by atoms with Gasteiger partial charge in [0.25, 0.3) is 0 Å². The average molecular weight is 524 g/mol. The number of nitrogens with zero attached hydrogens (tertiary/aromatic N) is 3. The number of hydrogen-bond donors (Lipinski definition) is 1. The van der Waals surface area contributed by atoms with Gasteiger partial charge in [-0.3, -0.25) is 4.99 Å². The predicted molar refractivity (Wildman–Crippen MR) is 120 cm³/mol. The molecule has 1 saturated heterocycles. The molecular formula is C18H29IN4O4S. The van der Waals surface area contributed by atoms with E-state index in [1.54, 1.807) is 42.2 Å². The van der Waals surface area contributed by atoms with Gasteiger partial charge in [-0.2, -0.15) is 0 Å². The largest absolute Gasteiger partial charge is 0.450 e. The molecule has 1 amide bonds. The first-order valence-electron chi connectivity index (χ1n) is 9.20. The van der Waals surface area contributed by atoms with Gasteiger partial charge >= 0.3 is 6.09 Å². The molecule has 1 heterocycles. The number of sulfone groups is 1. The first-order valence-corrected chi connectivity index (χ1v) is 10.9. The zero-order chi connectivity index (χ0) is 19.7. The molecule has 0 radical (unpaired) electrons. The molecule has 0 saturated carbocycles. The van der Waals surface area contributed by atoms with Crippen molar-refractivity contribution in [1.29, 1.82) is 0 Å². The lowest BCUT2D eigenvalue weighted by molar-refractivity contribution is 0.0914. The van der Waals surface area contributed by atoms with Crippen LogP contribution in [0.25, 0.3) is 0 Å². The number of nitrogens with one attached hydrogen (secondary N) is 1. The van der Waals surface area contributed by atoms with Gasteiger partial charge in [0.15, 0.2) is 15.8 Å². The number of carbonyl (C=O) groups is 1. The second-order valence-corrected chi connectivity index (χ2v) is 8.15. The molecule has 1 aliphatic rings. The van der Waals surface area contributed by atoms with E-state index in [4.69, 9.17) is 4.74 Å². The fraction of sp³-hybridized carbons (Fsp3) is 0.556. The van der Waals surface area contributed by atoms with E-state index in [9.17, 15) is 13.2 Å². The van der Waals surface area contributed by atoms with E-state index in [1.807, 2.05) is 11.8 Å². The Balaban J connectivity index is 0.00000392. The minimum Gasteiger partial charge on any atom is -0.450 e. The second kappa shape index (κ2) is 12.1. The third kappa shape index (κ3) is 7.12. The highest BCUT2D eigenvalue weighted by molar-refractivity contribution is 14.0. The molecule has 1 aromatic rings. The first-order chi connectivity index (χ1) is 13.0. The van der Waals surface area contributed by atoms with Crippen molar-refractivity contribution >= 4 is 45.9 Å². The lowest BCUT2D eigenvalue weighted by Crippen LogP contribution is -2.54. The summed E-state index contributed by atoms with van der Waals surface area (Å²) in [5, 5.41) is 3.19. The predicted octanol–water partition coefficient (Wildman–Crippen LogP) is 1.82. The summed E-state index contributed by atoms with van der Waals surface area (Å²) in [6, 6.07) is 8.40. The number of hydrogen-bond acceptors (Lipinski definition) is 5. The third-order valence-corrected chi connectivity index (χ3v) is 5.87. The molecule has 0 unspecified atom stereocenters. The third-order valence-electron chi connectivity index (χ3n) is 4.16. The number of ether oxygens (including phenoxy) is 1. The molecular weight excluding hydrogens is 495 g/mol. The lowest BCUT2D eigenvalue weighted by Gasteiger charge is -2.35. The fourth-order valence-electron chi connectivity index (χ4n) is 2.76. The van der Waals surface area contributed by atoms with Crippen molar-refractivity contribution in [3.63, 3.8) is 0 Å². The Morgan fingerprint density at radius 2 is 1.71 bits per heavy atom. The molecule has 1 aliphatic heterocycles. The van der Waals surface area contributed by atoms with Crippen LogP contribution in [0.2, 0.25) is 0 Å². The Morgan fingerprint density at radius 3 is 2.29 bits per heavy atom. The standard InChI is InChI=1S/C18H28N4O4S.HI/c1-3-19-17(21-11-13-22(14-12-21)18(23)26-4-2)20-10-15-27(24,25)16-8-6-5-7-9-16;/h5-9H,3-4,10-15H2,1-2H3,(H,19,20);1H. The van der Waals surface area contributed by atoms with E-state index in [0.29, 0.717) is 50.2 Å². The van der Waals surface area contributed by atoms with Crippen LogP contribution in [0.15, 0.2) is 40.2 Å². The summed E-state index contributed by atoms with van der Waals surface area (Å²) >= 11 is 0. The second-order valence-electron chi connectivity index (χ2n) is 6.04. The van der Waals surface area contributed by atoms with Crippen LogP contribution >= 0.6 is 24.0 Å². The zero-order valence-corrected chi connectivity index (χ0v) is 19.5. The summed E-state index contributed by atoms with van der Waals surface area (Å²) in [4.78, 5) is 20.3. The molecule has 0 spiro atoms. The van der Waals surface area contributed by atoms with Gasteiger partial charge in [-0.05, 0) is 26.0 Å². The number of amides is 1. The van der Waals surface area contributed by atoms with Crippen LogP contribution in [-0.4, -0.2) is 81.9 Å². The van der Waals surface area contributed by atoms with Gasteiger partial charge in [-0.1, -0.05) is 18.2 Å². The zero-order valence-electron chi connectivity index (χ0n) is 16.3. The Bertz CT molecular complexity index is 735. The fourth-order valence-corrected chi connectivity index (χ4v) is 3.90. The molecule has 0 bridgehead atoms. The minimum absolute atomic E-state index is 0. The first kappa shape index (κ1) is 24.5. The minimum atomic E-state index is -3.35. The number of aliphatic imine (C=N–C) groups is 1. The summed E-state index contributed by atoms with van der Waals surface area (Å²) in [6.07, 6.45) is -0.298. The van der Waals surface area contributed by atoms with Crippen molar-refractivity contribution in [2.24, 2.45) is 4.99 Å². The molecule has 1 fully saturated rings. The van der Waals surface area contributed by atoms with Crippen LogP contribution in [0, 0.1) is 0 Å². The SMILES string of the molecule is CCNC(=NCCS(=O)(=O)c1ccccc1)N1CCN(C(=O)OCC)CC1.I. The monoisotopic (exact) mass is 524 g/mol. The van der Waals surface area contributed by atoms with Gasteiger partial charge in [0.05, 0.1) is 23.8 Å². The number of benzene rings is 1. The van der Waals surface area contributed by atoms with Crippen molar-refractivity contribution < 1.29 is 17.9 Å². The highest BCUT2D eigenvalue weighted by atomic mass is 127. The Labute approximate surface area is 184 Å². The summed E-state index contributed by atoms with van der Waals surface area (Å²) in [7, 11) is -3.35. The van der Waals surface area contributed by atoms with E-state index in [0.717, 1.165) is 0 Å². The van der Waals surface area contributed by atoms with E-state index >= 15 is 0 Å². The van der Waals surface area contributed by atoms with E-state index < -0.39 is 9.84 Å². The number of rotatable bonds is 6. The molecule has 0 atom stereocenters. The molecule has 28 heavy (non-hydrogen) atoms. The Kier molecular flexibility index (Phi) is 10.6. The lowest BCUT2D eigenvalue weighted by atomic mass is 10.3. The normalized spacial score (nSPS) is 15.0. The molecule has 0 aliphatic carbocycles. The van der Waals surface area contributed by atoms with Gasteiger partial charge in [0.2, 0.25) is 0 Å². The molecule has 2 rings (SSSR count). The summed E-state index contributed by atoms with van der Waals surface area (Å²) in [6.45, 7) is 7.31. The van der Waals surface area contributed by atoms with Gasteiger partial charge < -0.3 is 19.9 Å². The molecule has 1 aromatic carbocycles. The van der Waals surface area contributed by atoms with Crippen LogP contribution in [0.3, 0.4) is 0 Å². The number of guanidine groups is 1. The summed E-state index contributed by atoms with van der Waals surface area (Å²) in [5.41, 5.74) is 0. The smallest absolute Gasteiger partial charge is 0.409 e. The highest BCUT2D eigenvalue weighted by Crippen LogP contribution is 2.10. The Hall–Kier alpha value is -1.56. The van der Waals surface area contributed by atoms with Gasteiger partial charge in [0.1, 0.15) is 0 Å². The van der Waals surface area contributed by atoms with Crippen molar-refractivity contribution in [2.45, 2.75) is 18.7 Å². The van der Waals surface area contributed by atoms with Crippen LogP contribution < -0.4 is 5.32 Å². The molecule has 10 heteroatoms. The number of piperazine rings is 1. The quantitative estimate of drug-likeness (QED) is 0.347. The van der Waals surface area contributed by atoms with Crippen LogP contribution in [-0.2, 0) is 14.6 Å². The van der Waals surface area contributed by atoms with Crippen LogP contribution in [0.1, 0.15) is 13.8 Å². The van der Waals surface area contributed by atoms with E-state index in [1.165, 1.54) is 0 Å². The van der Waals surface area contributed by atoms with Gasteiger partial charge in [-0.25, -0.2) is 13.2 Å². The van der Waals surface area contributed by atoms with E-state index in [-0.39, 0.29) is 42.4 Å². The van der Waals surface area contributed by atoms with Crippen molar-refractivity contribution in [3.05, 3.63) is 30.3 Å². The molecule has 158 valence electrons. The summed E-state index contributed by atoms with van der Waals surface area (Å²) in [5.74, 6) is 0.624. The number of halogens is 1. The molecule has 0 aromatic heterocycles. The maximum Gasteiger partial charge on any atom is 0.409 e. The Morgan fingerprint density at radius 1 is 1.11 bits per heavy atom. The maximum atomic E-state index is 12.4. The van der Waals surface area contributed by atoms with Gasteiger partial charge in [0, 0.05) is 32.7 Å². The topological polar surface area (TPSA) is 91.3 Å². The van der Waals surface area contributed by atoms with Crippen molar-refractivity contribution in [1.82, 2.24) is 15.1 Å². The molecule has 8 nitrogen and oxygen atoms in total. The van der Waals surface area contributed by atoms with Crippen LogP contribution in [0.5, 0.6) is 0 Å².